The third-order valence-electron chi connectivity index (χ3n) is 4.14. The number of anilines is 2. The fourth-order valence-corrected chi connectivity index (χ4v) is 3.89. The summed E-state index contributed by atoms with van der Waals surface area (Å²) in [5, 5.41) is 2.96. The summed E-state index contributed by atoms with van der Waals surface area (Å²) in [6.07, 6.45) is 0. The Morgan fingerprint density at radius 1 is 1.25 bits per heavy atom. The van der Waals surface area contributed by atoms with Crippen molar-refractivity contribution in [2.45, 2.75) is 6.92 Å². The molecule has 0 radical (unpaired) electrons. The monoisotopic (exact) mass is 362 g/mol. The first-order valence-electron chi connectivity index (χ1n) is 7.26. The molecule has 1 aliphatic heterocycles. The van der Waals surface area contributed by atoms with Gasteiger partial charge in [0, 0.05) is 24.8 Å². The summed E-state index contributed by atoms with van der Waals surface area (Å²) in [5.41, 5.74) is 1.82. The molecule has 2 amide bonds. The van der Waals surface area contributed by atoms with E-state index in [1.165, 1.54) is 21.1 Å². The van der Waals surface area contributed by atoms with E-state index in [1.807, 2.05) is 5.38 Å². The number of carbonyl (C=O) groups is 3. The Morgan fingerprint density at radius 3 is 2.50 bits per heavy atom. The van der Waals surface area contributed by atoms with E-state index in [1.54, 1.807) is 45.3 Å². The summed E-state index contributed by atoms with van der Waals surface area (Å²) in [7, 11) is 3.13. The predicted molar refractivity (Wildman–Crippen MR) is 95.1 cm³/mol. The number of Topliss-reactive ketones (excluding diaryl/α,β-unsaturated/α-hetero) is 1. The van der Waals surface area contributed by atoms with Gasteiger partial charge in [0.2, 0.25) is 11.8 Å². The number of rotatable bonds is 2. The fraction of sp³-hybridized carbons (Fsp3) is 0.235. The predicted octanol–water partition coefficient (Wildman–Crippen LogP) is 3.15. The van der Waals surface area contributed by atoms with E-state index in [2.05, 4.69) is 0 Å². The summed E-state index contributed by atoms with van der Waals surface area (Å²) in [6.45, 7) is 1.81. The van der Waals surface area contributed by atoms with E-state index in [0.717, 1.165) is 5.56 Å². The molecule has 1 aromatic carbocycles. The molecule has 24 heavy (non-hydrogen) atoms. The molecule has 0 saturated heterocycles. The number of benzene rings is 1. The standard InChI is InChI=1S/C17H15ClN2O3S/c1-9-8-24-17-12(9)14(21)13(16(23)20(17)3)15(22)19(2)11-6-4-10(18)5-7-11/h4-8,13H,1-3H3. The first-order valence-corrected chi connectivity index (χ1v) is 8.51. The molecule has 7 heteroatoms. The van der Waals surface area contributed by atoms with Gasteiger partial charge in [0.05, 0.1) is 5.56 Å². The van der Waals surface area contributed by atoms with E-state index in [0.29, 0.717) is 21.3 Å². The number of fused-ring (bicyclic) bond motifs is 1. The zero-order valence-corrected chi connectivity index (χ0v) is 14.9. The minimum atomic E-state index is -1.35. The Balaban J connectivity index is 1.97. The van der Waals surface area contributed by atoms with Crippen molar-refractivity contribution in [3.8, 4) is 0 Å². The number of hydrogen-bond donors (Lipinski definition) is 0. The van der Waals surface area contributed by atoms with Crippen LogP contribution in [0.25, 0.3) is 0 Å². The van der Waals surface area contributed by atoms with Crippen molar-refractivity contribution < 1.29 is 14.4 Å². The van der Waals surface area contributed by atoms with Crippen LogP contribution in [0.5, 0.6) is 0 Å². The van der Waals surface area contributed by atoms with Crippen LogP contribution in [-0.2, 0) is 9.59 Å². The topological polar surface area (TPSA) is 57.7 Å². The molecule has 5 nitrogen and oxygen atoms in total. The summed E-state index contributed by atoms with van der Waals surface area (Å²) < 4.78 is 0. The van der Waals surface area contributed by atoms with Gasteiger partial charge in [0.15, 0.2) is 11.7 Å². The van der Waals surface area contributed by atoms with Crippen LogP contribution >= 0.6 is 22.9 Å². The van der Waals surface area contributed by atoms with E-state index in [4.69, 9.17) is 11.6 Å². The molecule has 0 fully saturated rings. The van der Waals surface area contributed by atoms with E-state index in [-0.39, 0.29) is 0 Å². The van der Waals surface area contributed by atoms with Crippen LogP contribution in [0.4, 0.5) is 10.7 Å². The maximum absolute atomic E-state index is 12.8. The molecule has 1 atom stereocenters. The quantitative estimate of drug-likeness (QED) is 0.771. The summed E-state index contributed by atoms with van der Waals surface area (Å²) >= 11 is 7.19. The smallest absolute Gasteiger partial charge is 0.247 e. The van der Waals surface area contributed by atoms with E-state index in [9.17, 15) is 14.4 Å². The van der Waals surface area contributed by atoms with Crippen molar-refractivity contribution in [2.24, 2.45) is 5.92 Å². The molecule has 3 rings (SSSR count). The van der Waals surface area contributed by atoms with Gasteiger partial charge in [-0.3, -0.25) is 14.4 Å². The van der Waals surface area contributed by atoms with Crippen molar-refractivity contribution in [3.63, 3.8) is 0 Å². The minimum absolute atomic E-state index is 0.433. The van der Waals surface area contributed by atoms with Gasteiger partial charge in [-0.1, -0.05) is 11.6 Å². The largest absolute Gasteiger partial charge is 0.314 e. The maximum Gasteiger partial charge on any atom is 0.247 e. The van der Waals surface area contributed by atoms with Crippen LogP contribution in [0.15, 0.2) is 29.6 Å². The molecule has 0 saturated carbocycles. The van der Waals surface area contributed by atoms with Crippen molar-refractivity contribution in [1.82, 2.24) is 0 Å². The Labute approximate surface area is 148 Å². The molecular weight excluding hydrogens is 348 g/mol. The van der Waals surface area contributed by atoms with Crippen LogP contribution in [0.1, 0.15) is 15.9 Å². The Bertz CT molecular complexity index is 844. The van der Waals surface area contributed by atoms with Gasteiger partial charge in [-0.25, -0.2) is 0 Å². The average molecular weight is 363 g/mol. The Hall–Kier alpha value is -2.18. The highest BCUT2D eigenvalue weighted by molar-refractivity contribution is 7.15. The third kappa shape index (κ3) is 2.52. The highest BCUT2D eigenvalue weighted by Crippen LogP contribution is 2.38. The van der Waals surface area contributed by atoms with Crippen molar-refractivity contribution >= 4 is 51.2 Å². The first-order chi connectivity index (χ1) is 11.3. The number of nitrogens with zero attached hydrogens (tertiary/aromatic N) is 2. The van der Waals surface area contributed by atoms with Gasteiger partial charge in [-0.15, -0.1) is 11.3 Å². The normalized spacial score (nSPS) is 17.0. The molecule has 0 spiro atoms. The fourth-order valence-electron chi connectivity index (χ4n) is 2.73. The average Bonchev–Trinajstić information content (AvgIpc) is 2.95. The number of aryl methyl sites for hydroxylation is 1. The minimum Gasteiger partial charge on any atom is -0.314 e. The molecule has 1 aliphatic rings. The van der Waals surface area contributed by atoms with Crippen LogP contribution in [0.3, 0.4) is 0 Å². The van der Waals surface area contributed by atoms with E-state index >= 15 is 0 Å². The summed E-state index contributed by atoms with van der Waals surface area (Å²) in [5.74, 6) is -2.83. The molecule has 2 aromatic rings. The van der Waals surface area contributed by atoms with Crippen molar-refractivity contribution in [1.29, 1.82) is 0 Å². The van der Waals surface area contributed by atoms with Crippen LogP contribution in [0, 0.1) is 12.8 Å². The highest BCUT2D eigenvalue weighted by atomic mass is 35.5. The number of carbonyl (C=O) groups excluding carboxylic acids is 3. The number of ketones is 1. The van der Waals surface area contributed by atoms with Gasteiger partial charge < -0.3 is 9.80 Å². The van der Waals surface area contributed by atoms with Crippen LogP contribution in [0.2, 0.25) is 5.02 Å². The first kappa shape index (κ1) is 16.7. The molecular formula is C17H15ClN2O3S. The van der Waals surface area contributed by atoms with E-state index < -0.39 is 23.5 Å². The molecule has 0 bridgehead atoms. The second-order valence-corrected chi connectivity index (χ2v) is 6.96. The van der Waals surface area contributed by atoms with Crippen molar-refractivity contribution in [3.05, 3.63) is 45.8 Å². The molecule has 1 unspecified atom stereocenters. The number of amides is 2. The van der Waals surface area contributed by atoms with Gasteiger partial charge in [-0.2, -0.15) is 0 Å². The van der Waals surface area contributed by atoms with Gasteiger partial charge in [-0.05, 0) is 42.1 Å². The molecule has 124 valence electrons. The molecule has 2 heterocycles. The summed E-state index contributed by atoms with van der Waals surface area (Å²) in [4.78, 5) is 40.9. The third-order valence-corrected chi connectivity index (χ3v) is 5.56. The number of thiophene rings is 1. The highest BCUT2D eigenvalue weighted by Gasteiger charge is 2.45. The van der Waals surface area contributed by atoms with Gasteiger partial charge in [0.25, 0.3) is 0 Å². The lowest BCUT2D eigenvalue weighted by atomic mass is 9.90. The van der Waals surface area contributed by atoms with Crippen molar-refractivity contribution in [2.75, 3.05) is 23.9 Å². The number of hydrogen-bond acceptors (Lipinski definition) is 4. The zero-order chi connectivity index (χ0) is 17.6. The molecule has 1 aromatic heterocycles. The summed E-state index contributed by atoms with van der Waals surface area (Å²) in [6, 6.07) is 6.64. The van der Waals surface area contributed by atoms with Crippen LogP contribution < -0.4 is 9.80 Å². The Kier molecular flexibility index (Phi) is 4.19. The lowest BCUT2D eigenvalue weighted by molar-refractivity contribution is -0.130. The van der Waals surface area contributed by atoms with Gasteiger partial charge in [0.1, 0.15) is 5.00 Å². The maximum atomic E-state index is 12.8. The second kappa shape index (κ2) is 6.03. The lowest BCUT2D eigenvalue weighted by Gasteiger charge is -2.30. The molecule has 0 N–H and O–H groups in total. The van der Waals surface area contributed by atoms with Gasteiger partial charge >= 0.3 is 0 Å². The zero-order valence-electron chi connectivity index (χ0n) is 13.4. The molecule has 0 aliphatic carbocycles. The Morgan fingerprint density at radius 2 is 1.88 bits per heavy atom. The lowest BCUT2D eigenvalue weighted by Crippen LogP contribution is -2.50. The number of halogens is 1. The van der Waals surface area contributed by atoms with Crippen LogP contribution in [-0.4, -0.2) is 31.7 Å². The SMILES string of the molecule is Cc1csc2c1C(=O)C(C(=O)N(C)c1ccc(Cl)cc1)C(=O)N2C. The second-order valence-electron chi connectivity index (χ2n) is 5.67.